The average Bonchev–Trinajstić information content (AvgIpc) is 2.54. The summed E-state index contributed by atoms with van der Waals surface area (Å²) in [5, 5.41) is 2.66. The molecule has 0 spiro atoms. The summed E-state index contributed by atoms with van der Waals surface area (Å²) in [7, 11) is -1.92. The molecule has 0 radical (unpaired) electrons. The van der Waals surface area contributed by atoms with Crippen LogP contribution in [-0.4, -0.2) is 27.2 Å². The van der Waals surface area contributed by atoms with E-state index < -0.39 is 9.84 Å². The zero-order valence-electron chi connectivity index (χ0n) is 12.5. The van der Waals surface area contributed by atoms with Crippen LogP contribution in [0.3, 0.4) is 0 Å². The molecule has 5 nitrogen and oxygen atoms in total. The van der Waals surface area contributed by atoms with Crippen LogP contribution in [0.25, 0.3) is 0 Å². The van der Waals surface area contributed by atoms with Gasteiger partial charge in [-0.2, -0.15) is 0 Å². The minimum absolute atomic E-state index is 0.107. The molecular weight excluding hydrogens is 382 g/mol. The van der Waals surface area contributed by atoms with Crippen LogP contribution in [0.5, 0.6) is 5.75 Å². The Morgan fingerprint density at radius 1 is 1.09 bits per heavy atom. The summed E-state index contributed by atoms with van der Waals surface area (Å²) >= 11 is 3.25. The van der Waals surface area contributed by atoms with E-state index in [4.69, 9.17) is 4.74 Å². The second-order valence-electron chi connectivity index (χ2n) is 4.80. The number of benzene rings is 2. The maximum atomic E-state index is 12.2. The lowest BCUT2D eigenvalue weighted by atomic mass is 10.3. The van der Waals surface area contributed by atoms with Crippen molar-refractivity contribution in [2.24, 2.45) is 0 Å². The molecule has 2 rings (SSSR count). The molecule has 2 aromatic carbocycles. The summed E-state index contributed by atoms with van der Waals surface area (Å²) in [5.41, 5.74) is 0.594. The molecule has 0 saturated carbocycles. The first-order chi connectivity index (χ1) is 10.9. The van der Waals surface area contributed by atoms with Crippen molar-refractivity contribution in [3.05, 3.63) is 53.0 Å². The molecule has 0 fully saturated rings. The molecule has 0 heterocycles. The van der Waals surface area contributed by atoms with E-state index in [-0.39, 0.29) is 23.0 Å². The van der Waals surface area contributed by atoms with Crippen molar-refractivity contribution in [1.29, 1.82) is 0 Å². The summed E-state index contributed by atoms with van der Waals surface area (Å²) in [5.74, 6) is 0.0908. The fourth-order valence-electron chi connectivity index (χ4n) is 1.88. The van der Waals surface area contributed by atoms with Crippen molar-refractivity contribution in [3.63, 3.8) is 0 Å². The van der Waals surface area contributed by atoms with E-state index in [0.29, 0.717) is 11.4 Å². The zero-order valence-corrected chi connectivity index (χ0v) is 14.9. The van der Waals surface area contributed by atoms with Gasteiger partial charge in [-0.25, -0.2) is 8.42 Å². The third kappa shape index (κ3) is 5.07. The number of methoxy groups -OCH3 is 1. The molecule has 0 aromatic heterocycles. The van der Waals surface area contributed by atoms with E-state index in [2.05, 4.69) is 21.2 Å². The Hall–Kier alpha value is -1.86. The number of halogens is 1. The van der Waals surface area contributed by atoms with Gasteiger partial charge in [-0.3, -0.25) is 4.79 Å². The molecule has 0 aliphatic heterocycles. The number of carbonyl (C=O) groups is 1. The van der Waals surface area contributed by atoms with E-state index in [1.807, 2.05) is 0 Å². The summed E-state index contributed by atoms with van der Waals surface area (Å²) in [6.45, 7) is 0. The lowest BCUT2D eigenvalue weighted by molar-refractivity contribution is -0.115. The van der Waals surface area contributed by atoms with Crippen LogP contribution in [0.15, 0.2) is 57.9 Å². The van der Waals surface area contributed by atoms with Crippen LogP contribution in [0.1, 0.15) is 6.42 Å². The van der Waals surface area contributed by atoms with E-state index in [1.165, 1.54) is 12.1 Å². The standard InChI is InChI=1S/C16H16BrNO4S/c1-22-14-6-4-13(5-7-14)18-16(19)10-11-23(20,21)15-8-2-12(17)3-9-15/h2-9H,10-11H2,1H3,(H,18,19). The number of rotatable bonds is 6. The monoisotopic (exact) mass is 397 g/mol. The Bertz CT molecular complexity index is 771. The van der Waals surface area contributed by atoms with Gasteiger partial charge in [-0.05, 0) is 48.5 Å². The second-order valence-corrected chi connectivity index (χ2v) is 7.82. The van der Waals surface area contributed by atoms with Gasteiger partial charge >= 0.3 is 0 Å². The lowest BCUT2D eigenvalue weighted by Crippen LogP contribution is -2.17. The molecule has 0 aliphatic rings. The van der Waals surface area contributed by atoms with E-state index in [9.17, 15) is 13.2 Å². The van der Waals surface area contributed by atoms with Gasteiger partial charge in [0.2, 0.25) is 5.91 Å². The Morgan fingerprint density at radius 3 is 2.26 bits per heavy atom. The smallest absolute Gasteiger partial charge is 0.225 e. The Labute approximate surface area is 143 Å². The normalized spacial score (nSPS) is 11.0. The summed E-state index contributed by atoms with van der Waals surface area (Å²) in [6, 6.07) is 13.2. The molecule has 23 heavy (non-hydrogen) atoms. The van der Waals surface area contributed by atoms with Gasteiger partial charge < -0.3 is 10.1 Å². The SMILES string of the molecule is COc1ccc(NC(=O)CCS(=O)(=O)c2ccc(Br)cc2)cc1. The van der Waals surface area contributed by atoms with Crippen LogP contribution in [-0.2, 0) is 14.6 Å². The first kappa shape index (κ1) is 17.5. The number of nitrogens with one attached hydrogen (secondary N) is 1. The maximum Gasteiger partial charge on any atom is 0.225 e. The molecule has 0 unspecified atom stereocenters. The number of ether oxygens (including phenoxy) is 1. The number of carbonyl (C=O) groups excluding carboxylic acids is 1. The molecule has 7 heteroatoms. The minimum atomic E-state index is -3.48. The quantitative estimate of drug-likeness (QED) is 0.811. The average molecular weight is 398 g/mol. The Morgan fingerprint density at radius 2 is 1.70 bits per heavy atom. The van der Waals surface area contributed by atoms with Gasteiger partial charge in [-0.1, -0.05) is 15.9 Å². The molecule has 0 bridgehead atoms. The van der Waals surface area contributed by atoms with Gasteiger partial charge in [0.05, 0.1) is 17.8 Å². The maximum absolute atomic E-state index is 12.2. The number of anilines is 1. The van der Waals surface area contributed by atoms with Gasteiger partial charge in [0.15, 0.2) is 9.84 Å². The fourth-order valence-corrected chi connectivity index (χ4v) is 3.39. The molecule has 0 saturated heterocycles. The summed E-state index contributed by atoms with van der Waals surface area (Å²) in [6.07, 6.45) is -0.107. The first-order valence-corrected chi connectivity index (χ1v) is 9.27. The van der Waals surface area contributed by atoms with Crippen molar-refractivity contribution in [2.45, 2.75) is 11.3 Å². The summed E-state index contributed by atoms with van der Waals surface area (Å²) in [4.78, 5) is 12.1. The Kier molecular flexibility index (Phi) is 5.79. The highest BCUT2D eigenvalue weighted by Crippen LogP contribution is 2.18. The first-order valence-electron chi connectivity index (χ1n) is 6.83. The predicted molar refractivity (Wildman–Crippen MR) is 92.4 cm³/mol. The second kappa shape index (κ2) is 7.61. The molecule has 0 atom stereocenters. The number of hydrogen-bond donors (Lipinski definition) is 1. The van der Waals surface area contributed by atoms with Crippen LogP contribution >= 0.6 is 15.9 Å². The van der Waals surface area contributed by atoms with Crippen molar-refractivity contribution in [2.75, 3.05) is 18.2 Å². The topological polar surface area (TPSA) is 72.5 Å². The Balaban J connectivity index is 1.93. The van der Waals surface area contributed by atoms with E-state index >= 15 is 0 Å². The van der Waals surface area contributed by atoms with E-state index in [0.717, 1.165) is 4.47 Å². The molecule has 1 N–H and O–H groups in total. The lowest BCUT2D eigenvalue weighted by Gasteiger charge is -2.07. The predicted octanol–water partition coefficient (Wildman–Crippen LogP) is 3.26. The summed E-state index contributed by atoms with van der Waals surface area (Å²) < 4.78 is 30.2. The van der Waals surface area contributed by atoms with Crippen LogP contribution in [0.4, 0.5) is 5.69 Å². The molecule has 0 aliphatic carbocycles. The van der Waals surface area contributed by atoms with Crippen LogP contribution in [0.2, 0.25) is 0 Å². The minimum Gasteiger partial charge on any atom is -0.497 e. The molecular formula is C16H16BrNO4S. The van der Waals surface area contributed by atoms with Crippen molar-refractivity contribution >= 4 is 37.4 Å². The highest BCUT2D eigenvalue weighted by atomic mass is 79.9. The van der Waals surface area contributed by atoms with Crippen LogP contribution in [0, 0.1) is 0 Å². The van der Waals surface area contributed by atoms with Crippen LogP contribution < -0.4 is 10.1 Å². The molecule has 1 amide bonds. The van der Waals surface area contributed by atoms with Crippen molar-refractivity contribution in [1.82, 2.24) is 0 Å². The highest BCUT2D eigenvalue weighted by Gasteiger charge is 2.16. The fraction of sp³-hybridized carbons (Fsp3) is 0.188. The van der Waals surface area contributed by atoms with Gasteiger partial charge in [0.25, 0.3) is 0 Å². The number of sulfone groups is 1. The zero-order chi connectivity index (χ0) is 16.9. The van der Waals surface area contributed by atoms with Gasteiger partial charge in [0, 0.05) is 16.6 Å². The van der Waals surface area contributed by atoms with E-state index in [1.54, 1.807) is 43.5 Å². The van der Waals surface area contributed by atoms with Gasteiger partial charge in [-0.15, -0.1) is 0 Å². The largest absolute Gasteiger partial charge is 0.497 e. The third-order valence-electron chi connectivity index (χ3n) is 3.14. The number of amides is 1. The number of hydrogen-bond acceptors (Lipinski definition) is 4. The highest BCUT2D eigenvalue weighted by molar-refractivity contribution is 9.10. The van der Waals surface area contributed by atoms with Crippen molar-refractivity contribution in [3.8, 4) is 5.75 Å². The van der Waals surface area contributed by atoms with Gasteiger partial charge in [0.1, 0.15) is 5.75 Å². The molecule has 122 valence electrons. The van der Waals surface area contributed by atoms with Crippen molar-refractivity contribution < 1.29 is 17.9 Å². The third-order valence-corrected chi connectivity index (χ3v) is 5.41. The molecule has 2 aromatic rings.